The normalized spacial score (nSPS) is 35.7. The smallest absolute Gasteiger partial charge is 0.0693 e. The fourth-order valence-electron chi connectivity index (χ4n) is 3.41. The highest BCUT2D eigenvalue weighted by molar-refractivity contribution is 4.85. The predicted molar refractivity (Wildman–Crippen MR) is 75.7 cm³/mol. The van der Waals surface area contributed by atoms with Crippen LogP contribution in [-0.4, -0.2) is 47.3 Å². The van der Waals surface area contributed by atoms with Gasteiger partial charge in [0.15, 0.2) is 0 Å². The second-order valence-electron chi connectivity index (χ2n) is 6.38. The second-order valence-corrected chi connectivity index (χ2v) is 6.38. The molecule has 0 aromatic rings. The van der Waals surface area contributed by atoms with E-state index in [-0.39, 0.29) is 6.10 Å². The minimum atomic E-state index is -0.108. The van der Waals surface area contributed by atoms with E-state index in [9.17, 15) is 5.11 Å². The van der Waals surface area contributed by atoms with Crippen LogP contribution < -0.4 is 5.32 Å². The standard InChI is InChI=1S/C15H30N2O/c1-12(2)17-10-5-6-13(9-11-17)16-14-7-3-4-8-15(14)18/h12-16,18H,3-11H2,1-2H3. The first-order valence-corrected chi connectivity index (χ1v) is 7.85. The van der Waals surface area contributed by atoms with Crippen molar-refractivity contribution in [3.63, 3.8) is 0 Å². The van der Waals surface area contributed by atoms with Gasteiger partial charge in [0.1, 0.15) is 0 Å². The van der Waals surface area contributed by atoms with E-state index in [0.717, 1.165) is 12.8 Å². The molecule has 0 bridgehead atoms. The lowest BCUT2D eigenvalue weighted by Crippen LogP contribution is -2.47. The number of aliphatic hydroxyl groups excluding tert-OH is 1. The van der Waals surface area contributed by atoms with Crippen molar-refractivity contribution in [2.24, 2.45) is 0 Å². The summed E-state index contributed by atoms with van der Waals surface area (Å²) in [5.41, 5.74) is 0. The molecule has 2 aliphatic rings. The van der Waals surface area contributed by atoms with E-state index < -0.39 is 0 Å². The van der Waals surface area contributed by atoms with Crippen LogP contribution in [0.1, 0.15) is 58.8 Å². The average molecular weight is 254 g/mol. The fraction of sp³-hybridized carbons (Fsp3) is 1.00. The van der Waals surface area contributed by atoms with Gasteiger partial charge in [0.25, 0.3) is 0 Å². The molecule has 0 spiro atoms. The van der Waals surface area contributed by atoms with Gasteiger partial charge in [0.2, 0.25) is 0 Å². The lowest BCUT2D eigenvalue weighted by atomic mass is 9.91. The predicted octanol–water partition coefficient (Wildman–Crippen LogP) is 2.14. The van der Waals surface area contributed by atoms with Crippen molar-refractivity contribution in [1.29, 1.82) is 0 Å². The molecule has 1 heterocycles. The monoisotopic (exact) mass is 254 g/mol. The molecule has 0 aromatic carbocycles. The molecule has 3 atom stereocenters. The summed E-state index contributed by atoms with van der Waals surface area (Å²) in [5.74, 6) is 0. The van der Waals surface area contributed by atoms with E-state index in [4.69, 9.17) is 0 Å². The summed E-state index contributed by atoms with van der Waals surface area (Å²) in [5, 5.41) is 13.8. The summed E-state index contributed by atoms with van der Waals surface area (Å²) in [6, 6.07) is 1.64. The first-order valence-electron chi connectivity index (χ1n) is 7.85. The van der Waals surface area contributed by atoms with E-state index in [1.54, 1.807) is 0 Å². The molecule has 3 heteroatoms. The number of likely N-dealkylation sites (tertiary alicyclic amines) is 1. The molecule has 18 heavy (non-hydrogen) atoms. The molecule has 2 fully saturated rings. The Kier molecular flexibility index (Phi) is 5.46. The first kappa shape index (κ1) is 14.3. The molecular weight excluding hydrogens is 224 g/mol. The Morgan fingerprint density at radius 2 is 1.78 bits per heavy atom. The number of aliphatic hydroxyl groups is 1. The zero-order valence-electron chi connectivity index (χ0n) is 12.1. The first-order chi connectivity index (χ1) is 8.66. The van der Waals surface area contributed by atoms with E-state index in [1.165, 1.54) is 45.2 Å². The van der Waals surface area contributed by atoms with Crippen LogP contribution in [-0.2, 0) is 0 Å². The summed E-state index contributed by atoms with van der Waals surface area (Å²) < 4.78 is 0. The van der Waals surface area contributed by atoms with Crippen LogP contribution in [0.15, 0.2) is 0 Å². The molecule has 2 N–H and O–H groups in total. The topological polar surface area (TPSA) is 35.5 Å². The van der Waals surface area contributed by atoms with Gasteiger partial charge in [-0.05, 0) is 59.0 Å². The minimum Gasteiger partial charge on any atom is -0.392 e. The largest absolute Gasteiger partial charge is 0.392 e. The summed E-state index contributed by atoms with van der Waals surface area (Å²) in [7, 11) is 0. The third-order valence-electron chi connectivity index (χ3n) is 4.67. The molecule has 3 unspecified atom stereocenters. The molecule has 3 nitrogen and oxygen atoms in total. The van der Waals surface area contributed by atoms with E-state index in [0.29, 0.717) is 18.1 Å². The van der Waals surface area contributed by atoms with Crippen LogP contribution in [0.4, 0.5) is 0 Å². The Morgan fingerprint density at radius 1 is 1.00 bits per heavy atom. The van der Waals surface area contributed by atoms with Crippen LogP contribution in [0.2, 0.25) is 0 Å². The lowest BCUT2D eigenvalue weighted by Gasteiger charge is -2.32. The van der Waals surface area contributed by atoms with Crippen molar-refractivity contribution in [2.75, 3.05) is 13.1 Å². The molecule has 106 valence electrons. The Bertz CT molecular complexity index is 245. The Balaban J connectivity index is 1.79. The maximum Gasteiger partial charge on any atom is 0.0693 e. The molecule has 2 rings (SSSR count). The van der Waals surface area contributed by atoms with Crippen LogP contribution in [0.3, 0.4) is 0 Å². The van der Waals surface area contributed by atoms with Gasteiger partial charge in [0, 0.05) is 18.1 Å². The lowest BCUT2D eigenvalue weighted by molar-refractivity contribution is 0.0834. The number of hydrogen-bond donors (Lipinski definition) is 2. The van der Waals surface area contributed by atoms with Gasteiger partial charge in [-0.1, -0.05) is 12.8 Å². The van der Waals surface area contributed by atoms with E-state index >= 15 is 0 Å². The molecule has 0 radical (unpaired) electrons. The molecular formula is C15H30N2O. The zero-order valence-corrected chi connectivity index (χ0v) is 12.1. The Hall–Kier alpha value is -0.120. The summed E-state index contributed by atoms with van der Waals surface area (Å²) in [6.07, 6.45) is 8.31. The molecule has 0 aromatic heterocycles. The van der Waals surface area contributed by atoms with Crippen LogP contribution in [0.5, 0.6) is 0 Å². The maximum absolute atomic E-state index is 10.0. The second kappa shape index (κ2) is 6.88. The van der Waals surface area contributed by atoms with Crippen molar-refractivity contribution in [2.45, 2.75) is 83.0 Å². The minimum absolute atomic E-state index is 0.108. The van der Waals surface area contributed by atoms with Gasteiger partial charge < -0.3 is 15.3 Å². The summed E-state index contributed by atoms with van der Waals surface area (Å²) in [6.45, 7) is 7.03. The third kappa shape index (κ3) is 3.94. The van der Waals surface area contributed by atoms with Gasteiger partial charge in [-0.3, -0.25) is 0 Å². The highest BCUT2D eigenvalue weighted by atomic mass is 16.3. The highest BCUT2D eigenvalue weighted by Gasteiger charge is 2.26. The van der Waals surface area contributed by atoms with Gasteiger partial charge in [-0.25, -0.2) is 0 Å². The van der Waals surface area contributed by atoms with Crippen molar-refractivity contribution >= 4 is 0 Å². The molecule has 1 aliphatic carbocycles. The van der Waals surface area contributed by atoms with Crippen molar-refractivity contribution in [1.82, 2.24) is 10.2 Å². The van der Waals surface area contributed by atoms with E-state index in [1.807, 2.05) is 0 Å². The Morgan fingerprint density at radius 3 is 2.50 bits per heavy atom. The number of nitrogens with zero attached hydrogens (tertiary/aromatic N) is 1. The van der Waals surface area contributed by atoms with Gasteiger partial charge >= 0.3 is 0 Å². The molecule has 0 amide bonds. The summed E-state index contributed by atoms with van der Waals surface area (Å²) >= 11 is 0. The summed E-state index contributed by atoms with van der Waals surface area (Å²) in [4.78, 5) is 2.58. The van der Waals surface area contributed by atoms with Crippen LogP contribution >= 0.6 is 0 Å². The SMILES string of the molecule is CC(C)N1CCCC(NC2CCCCC2O)CC1. The van der Waals surface area contributed by atoms with E-state index in [2.05, 4.69) is 24.1 Å². The Labute approximate surface area is 112 Å². The van der Waals surface area contributed by atoms with Crippen molar-refractivity contribution in [3.05, 3.63) is 0 Å². The van der Waals surface area contributed by atoms with Gasteiger partial charge in [-0.2, -0.15) is 0 Å². The van der Waals surface area contributed by atoms with Gasteiger partial charge in [0.05, 0.1) is 6.10 Å². The quantitative estimate of drug-likeness (QED) is 0.810. The number of rotatable bonds is 3. The average Bonchev–Trinajstić information content (AvgIpc) is 2.58. The van der Waals surface area contributed by atoms with Crippen LogP contribution in [0, 0.1) is 0 Å². The number of nitrogens with one attached hydrogen (secondary N) is 1. The van der Waals surface area contributed by atoms with Gasteiger partial charge in [-0.15, -0.1) is 0 Å². The third-order valence-corrected chi connectivity index (χ3v) is 4.67. The maximum atomic E-state index is 10.0. The zero-order chi connectivity index (χ0) is 13.0. The number of hydrogen-bond acceptors (Lipinski definition) is 3. The van der Waals surface area contributed by atoms with Crippen molar-refractivity contribution < 1.29 is 5.11 Å². The van der Waals surface area contributed by atoms with Crippen molar-refractivity contribution in [3.8, 4) is 0 Å². The highest BCUT2D eigenvalue weighted by Crippen LogP contribution is 2.21. The molecule has 1 aliphatic heterocycles. The fourth-order valence-corrected chi connectivity index (χ4v) is 3.41. The molecule has 1 saturated heterocycles. The molecule has 1 saturated carbocycles. The van der Waals surface area contributed by atoms with Crippen LogP contribution in [0.25, 0.3) is 0 Å².